The Morgan fingerprint density at radius 2 is 1.89 bits per heavy atom. The van der Waals surface area contributed by atoms with Crippen molar-refractivity contribution in [2.24, 2.45) is 0 Å². The number of anilines is 2. The molecule has 0 unspecified atom stereocenters. The number of benzene rings is 1. The average Bonchev–Trinajstić information content (AvgIpc) is 3.11. The number of amides is 1. The monoisotopic (exact) mass is 377 g/mol. The Morgan fingerprint density at radius 3 is 2.64 bits per heavy atom. The number of hydrogen-bond donors (Lipinski definition) is 1. The molecule has 0 radical (unpaired) electrons. The molecule has 6 nitrogen and oxygen atoms in total. The number of aryl methyl sites for hydroxylation is 1. The fraction of sp³-hybridized carbons (Fsp3) is 0.364. The minimum Gasteiger partial charge on any atom is -0.369 e. The topological polar surface area (TPSA) is 52.9 Å². The Morgan fingerprint density at radius 1 is 1.11 bits per heavy atom. The predicted octanol–water partition coefficient (Wildman–Crippen LogP) is 3.43. The molecule has 3 heterocycles. The summed E-state index contributed by atoms with van der Waals surface area (Å²) in [6.45, 7) is 10.6. The summed E-state index contributed by atoms with van der Waals surface area (Å²) in [5.41, 5.74) is 4.34. The van der Waals surface area contributed by atoms with Crippen LogP contribution in [-0.2, 0) is 0 Å². The molecule has 1 amide bonds. The molecule has 0 atom stereocenters. The number of aromatic nitrogens is 2. The quantitative estimate of drug-likeness (QED) is 0.757. The SMILES string of the molecule is Cc1ccc2ncc(C(=O)Nc3cccc(N4CCN(C(C)C)CC4)c3)n2c1. The van der Waals surface area contributed by atoms with Crippen LogP contribution in [0.3, 0.4) is 0 Å². The second kappa shape index (κ2) is 7.64. The fourth-order valence-corrected chi connectivity index (χ4v) is 3.73. The van der Waals surface area contributed by atoms with Gasteiger partial charge in [0.25, 0.3) is 5.91 Å². The molecular formula is C22H27N5O. The maximum absolute atomic E-state index is 12.8. The predicted molar refractivity (Wildman–Crippen MR) is 113 cm³/mol. The Hall–Kier alpha value is -2.86. The summed E-state index contributed by atoms with van der Waals surface area (Å²) in [5, 5.41) is 3.03. The van der Waals surface area contributed by atoms with Gasteiger partial charge in [-0.05, 0) is 50.6 Å². The number of nitrogens with one attached hydrogen (secondary N) is 1. The first kappa shape index (κ1) is 18.5. The number of nitrogens with zero attached hydrogens (tertiary/aromatic N) is 4. The molecule has 1 aromatic carbocycles. The van der Waals surface area contributed by atoms with Crippen LogP contribution in [0.25, 0.3) is 5.65 Å². The van der Waals surface area contributed by atoms with Crippen LogP contribution in [0.2, 0.25) is 0 Å². The van der Waals surface area contributed by atoms with Gasteiger partial charge in [0.2, 0.25) is 0 Å². The number of hydrogen-bond acceptors (Lipinski definition) is 4. The third-order valence-corrected chi connectivity index (χ3v) is 5.40. The number of imidazole rings is 1. The maximum Gasteiger partial charge on any atom is 0.274 e. The number of pyridine rings is 1. The van der Waals surface area contributed by atoms with Crippen LogP contribution in [0.1, 0.15) is 29.9 Å². The van der Waals surface area contributed by atoms with Crippen LogP contribution in [-0.4, -0.2) is 52.4 Å². The lowest BCUT2D eigenvalue weighted by atomic mass is 10.2. The molecule has 4 rings (SSSR count). The van der Waals surface area contributed by atoms with Gasteiger partial charge in [-0.1, -0.05) is 12.1 Å². The van der Waals surface area contributed by atoms with E-state index in [0.717, 1.165) is 48.8 Å². The highest BCUT2D eigenvalue weighted by atomic mass is 16.1. The standard InChI is InChI=1S/C22H27N5O/c1-16(2)25-9-11-26(12-10-25)19-6-4-5-18(13-19)24-22(28)20-14-23-21-8-7-17(3)15-27(20)21/h4-8,13-16H,9-12H2,1-3H3,(H,24,28). The number of rotatable bonds is 4. The summed E-state index contributed by atoms with van der Waals surface area (Å²) in [7, 11) is 0. The van der Waals surface area contributed by atoms with Crippen molar-refractivity contribution >= 4 is 22.9 Å². The zero-order chi connectivity index (χ0) is 19.7. The molecule has 28 heavy (non-hydrogen) atoms. The van der Waals surface area contributed by atoms with E-state index >= 15 is 0 Å². The molecule has 0 bridgehead atoms. The van der Waals surface area contributed by atoms with Gasteiger partial charge in [-0.25, -0.2) is 4.98 Å². The summed E-state index contributed by atoms with van der Waals surface area (Å²) in [6, 6.07) is 12.6. The van der Waals surface area contributed by atoms with E-state index in [4.69, 9.17) is 0 Å². The molecule has 2 aromatic heterocycles. The summed E-state index contributed by atoms with van der Waals surface area (Å²) in [4.78, 5) is 22.0. The molecule has 1 fully saturated rings. The first-order chi connectivity index (χ1) is 13.5. The van der Waals surface area contributed by atoms with Crippen molar-refractivity contribution in [3.63, 3.8) is 0 Å². The smallest absolute Gasteiger partial charge is 0.274 e. The number of carbonyl (C=O) groups is 1. The molecule has 1 N–H and O–H groups in total. The Kier molecular flexibility index (Phi) is 5.05. The van der Waals surface area contributed by atoms with Crippen LogP contribution >= 0.6 is 0 Å². The number of piperazine rings is 1. The largest absolute Gasteiger partial charge is 0.369 e. The molecular weight excluding hydrogens is 350 g/mol. The number of fused-ring (bicyclic) bond motifs is 1. The van der Waals surface area contributed by atoms with Crippen LogP contribution in [0, 0.1) is 6.92 Å². The average molecular weight is 377 g/mol. The molecule has 0 aliphatic carbocycles. The van der Waals surface area contributed by atoms with Crippen molar-refractivity contribution < 1.29 is 4.79 Å². The van der Waals surface area contributed by atoms with Crippen molar-refractivity contribution in [2.45, 2.75) is 26.8 Å². The second-order valence-electron chi connectivity index (χ2n) is 7.70. The normalized spacial score (nSPS) is 15.4. The van der Waals surface area contributed by atoms with Crippen molar-refractivity contribution in [2.75, 3.05) is 36.4 Å². The zero-order valence-corrected chi connectivity index (χ0v) is 16.7. The first-order valence-electron chi connectivity index (χ1n) is 9.85. The molecule has 0 spiro atoms. The maximum atomic E-state index is 12.8. The highest BCUT2D eigenvalue weighted by molar-refractivity contribution is 6.03. The van der Waals surface area contributed by atoms with Crippen molar-refractivity contribution in [1.29, 1.82) is 0 Å². The molecule has 1 aliphatic rings. The van der Waals surface area contributed by atoms with E-state index in [1.807, 2.05) is 41.8 Å². The Balaban J connectivity index is 1.49. The lowest BCUT2D eigenvalue weighted by molar-refractivity contribution is 0.102. The van der Waals surface area contributed by atoms with E-state index in [0.29, 0.717) is 11.7 Å². The van der Waals surface area contributed by atoms with Gasteiger partial charge < -0.3 is 10.2 Å². The van der Waals surface area contributed by atoms with Gasteiger partial charge in [0.05, 0.1) is 6.20 Å². The Bertz CT molecular complexity index is 986. The molecule has 1 aliphatic heterocycles. The second-order valence-corrected chi connectivity index (χ2v) is 7.70. The van der Waals surface area contributed by atoms with Gasteiger partial charge in [0, 0.05) is 49.8 Å². The van der Waals surface area contributed by atoms with E-state index in [9.17, 15) is 4.79 Å². The van der Waals surface area contributed by atoms with Gasteiger partial charge in [0.15, 0.2) is 0 Å². The van der Waals surface area contributed by atoms with E-state index in [-0.39, 0.29) is 5.91 Å². The first-order valence-corrected chi connectivity index (χ1v) is 9.85. The lowest BCUT2D eigenvalue weighted by Crippen LogP contribution is -2.48. The van der Waals surface area contributed by atoms with Gasteiger partial charge in [0.1, 0.15) is 11.3 Å². The van der Waals surface area contributed by atoms with Gasteiger partial charge in [-0.3, -0.25) is 14.1 Å². The van der Waals surface area contributed by atoms with E-state index in [1.54, 1.807) is 6.20 Å². The van der Waals surface area contributed by atoms with Crippen LogP contribution < -0.4 is 10.2 Å². The van der Waals surface area contributed by atoms with Crippen molar-refractivity contribution in [3.8, 4) is 0 Å². The van der Waals surface area contributed by atoms with Gasteiger partial charge in [-0.2, -0.15) is 0 Å². The molecule has 1 saturated heterocycles. The van der Waals surface area contributed by atoms with Crippen LogP contribution in [0.4, 0.5) is 11.4 Å². The van der Waals surface area contributed by atoms with Crippen LogP contribution in [0.15, 0.2) is 48.8 Å². The van der Waals surface area contributed by atoms with Gasteiger partial charge in [-0.15, -0.1) is 0 Å². The van der Waals surface area contributed by atoms with Crippen molar-refractivity contribution in [3.05, 3.63) is 60.0 Å². The van der Waals surface area contributed by atoms with E-state index in [1.165, 1.54) is 0 Å². The van der Waals surface area contributed by atoms with E-state index < -0.39 is 0 Å². The highest BCUT2D eigenvalue weighted by Gasteiger charge is 2.19. The fourth-order valence-electron chi connectivity index (χ4n) is 3.73. The summed E-state index contributed by atoms with van der Waals surface area (Å²) in [6.07, 6.45) is 3.56. The number of carbonyl (C=O) groups excluding carboxylic acids is 1. The summed E-state index contributed by atoms with van der Waals surface area (Å²) < 4.78 is 1.83. The molecule has 0 saturated carbocycles. The van der Waals surface area contributed by atoms with Crippen molar-refractivity contribution in [1.82, 2.24) is 14.3 Å². The molecule has 6 heteroatoms. The van der Waals surface area contributed by atoms with Gasteiger partial charge >= 0.3 is 0 Å². The summed E-state index contributed by atoms with van der Waals surface area (Å²) >= 11 is 0. The minimum atomic E-state index is -0.153. The highest BCUT2D eigenvalue weighted by Crippen LogP contribution is 2.22. The zero-order valence-electron chi connectivity index (χ0n) is 16.7. The molecule has 146 valence electrons. The van der Waals surface area contributed by atoms with Crippen LogP contribution in [0.5, 0.6) is 0 Å². The lowest BCUT2D eigenvalue weighted by Gasteiger charge is -2.38. The van der Waals surface area contributed by atoms with E-state index in [2.05, 4.69) is 46.1 Å². The molecule has 3 aromatic rings. The summed E-state index contributed by atoms with van der Waals surface area (Å²) in [5.74, 6) is -0.153. The Labute approximate surface area is 165 Å². The minimum absolute atomic E-state index is 0.153. The third-order valence-electron chi connectivity index (χ3n) is 5.40. The third kappa shape index (κ3) is 3.73.